The highest BCUT2D eigenvalue weighted by atomic mass is 32.2. The molecule has 0 aliphatic carbocycles. The molecule has 0 bridgehead atoms. The van der Waals surface area contributed by atoms with Crippen LogP contribution in [-0.4, -0.2) is 49.4 Å². The maximum atomic E-state index is 14.0. The number of piperazine rings is 1. The van der Waals surface area contributed by atoms with Crippen molar-refractivity contribution in [3.05, 3.63) is 86.0 Å². The first kappa shape index (κ1) is 32.3. The van der Waals surface area contributed by atoms with Crippen molar-refractivity contribution in [3.63, 3.8) is 0 Å². The van der Waals surface area contributed by atoms with E-state index < -0.39 is 10.0 Å². The van der Waals surface area contributed by atoms with Crippen molar-refractivity contribution in [2.45, 2.75) is 97.3 Å². The van der Waals surface area contributed by atoms with Gasteiger partial charge in [-0.2, -0.15) is 4.31 Å². The lowest BCUT2D eigenvalue weighted by molar-refractivity contribution is 0.0831. The molecule has 2 aliphatic rings. The standard InChI is InChI=1S/C35H46N2O6S/c1-23-24(2)33(25(3)29-13-14-35(7,8)43-32(23)29)44(39,40)37-17-15-36(16-18-37)20-28-19-30(38)31(22-41-28)42-21-26-9-11-27(12-10-26)34(4,5)6/h9-12,19,22H,13-18,20-21H2,1-8H3. The third kappa shape index (κ3) is 6.60. The molecule has 0 saturated carbocycles. The Morgan fingerprint density at radius 1 is 0.955 bits per heavy atom. The molecule has 0 amide bonds. The van der Waals surface area contributed by atoms with Crippen LogP contribution in [0, 0.1) is 20.8 Å². The second kappa shape index (κ2) is 12.0. The number of rotatable bonds is 7. The largest absolute Gasteiger partial charge is 0.487 e. The van der Waals surface area contributed by atoms with Crippen molar-refractivity contribution >= 4 is 10.0 Å². The normalized spacial score (nSPS) is 17.6. The quantitative estimate of drug-likeness (QED) is 0.317. The van der Waals surface area contributed by atoms with E-state index in [4.69, 9.17) is 13.9 Å². The Morgan fingerprint density at radius 2 is 1.61 bits per heavy atom. The van der Waals surface area contributed by atoms with Crippen molar-refractivity contribution in [2.75, 3.05) is 26.2 Å². The van der Waals surface area contributed by atoms with Gasteiger partial charge in [0, 0.05) is 32.2 Å². The van der Waals surface area contributed by atoms with E-state index in [1.807, 2.05) is 32.9 Å². The van der Waals surface area contributed by atoms with Gasteiger partial charge in [0.2, 0.25) is 21.2 Å². The van der Waals surface area contributed by atoms with Gasteiger partial charge in [0.1, 0.15) is 30.0 Å². The fourth-order valence-corrected chi connectivity index (χ4v) is 8.05. The van der Waals surface area contributed by atoms with Crippen LogP contribution >= 0.6 is 0 Å². The maximum absolute atomic E-state index is 14.0. The predicted molar refractivity (Wildman–Crippen MR) is 172 cm³/mol. The summed E-state index contributed by atoms with van der Waals surface area (Å²) >= 11 is 0. The molecule has 3 aromatic rings. The van der Waals surface area contributed by atoms with Gasteiger partial charge in [0.05, 0.1) is 11.4 Å². The van der Waals surface area contributed by atoms with Crippen molar-refractivity contribution in [1.29, 1.82) is 0 Å². The Labute approximate surface area is 262 Å². The average Bonchev–Trinajstić information content (AvgIpc) is 2.95. The summed E-state index contributed by atoms with van der Waals surface area (Å²) in [4.78, 5) is 15.3. The number of hydrogen-bond donors (Lipinski definition) is 0. The van der Waals surface area contributed by atoms with Crippen LogP contribution in [0.25, 0.3) is 0 Å². The Kier molecular flexibility index (Phi) is 8.79. The summed E-state index contributed by atoms with van der Waals surface area (Å²) in [5.41, 5.74) is 5.24. The van der Waals surface area contributed by atoms with E-state index in [9.17, 15) is 13.2 Å². The highest BCUT2D eigenvalue weighted by Crippen LogP contribution is 2.42. The number of benzene rings is 2. The van der Waals surface area contributed by atoms with Crippen LogP contribution in [0.1, 0.15) is 80.2 Å². The molecule has 44 heavy (non-hydrogen) atoms. The molecule has 0 N–H and O–H groups in total. The van der Waals surface area contributed by atoms with Gasteiger partial charge < -0.3 is 13.9 Å². The lowest BCUT2D eigenvalue weighted by Crippen LogP contribution is -2.48. The summed E-state index contributed by atoms with van der Waals surface area (Å²) in [6, 6.07) is 9.66. The van der Waals surface area contributed by atoms with Crippen LogP contribution in [0.5, 0.6) is 11.5 Å². The van der Waals surface area contributed by atoms with E-state index >= 15 is 0 Å². The van der Waals surface area contributed by atoms with Gasteiger partial charge in [-0.25, -0.2) is 8.42 Å². The molecule has 1 fully saturated rings. The zero-order valence-corrected chi connectivity index (χ0v) is 28.2. The lowest BCUT2D eigenvalue weighted by atomic mass is 9.87. The van der Waals surface area contributed by atoms with E-state index in [2.05, 4.69) is 51.7 Å². The summed E-state index contributed by atoms with van der Waals surface area (Å²) in [6.45, 7) is 18.9. The average molecular weight is 623 g/mol. The van der Waals surface area contributed by atoms with E-state index in [1.165, 1.54) is 17.9 Å². The van der Waals surface area contributed by atoms with Crippen LogP contribution < -0.4 is 14.9 Å². The zero-order valence-electron chi connectivity index (χ0n) is 27.4. The molecule has 1 saturated heterocycles. The lowest BCUT2D eigenvalue weighted by Gasteiger charge is -2.37. The third-order valence-electron chi connectivity index (χ3n) is 9.04. The molecular formula is C35H46N2O6S. The summed E-state index contributed by atoms with van der Waals surface area (Å²) in [5, 5.41) is 0. The predicted octanol–water partition coefficient (Wildman–Crippen LogP) is 6.05. The minimum atomic E-state index is -3.69. The number of hydrogen-bond acceptors (Lipinski definition) is 7. The second-order valence-electron chi connectivity index (χ2n) is 13.9. The van der Waals surface area contributed by atoms with Crippen molar-refractivity contribution in [1.82, 2.24) is 9.21 Å². The van der Waals surface area contributed by atoms with Crippen molar-refractivity contribution < 1.29 is 22.3 Å². The minimum Gasteiger partial charge on any atom is -0.487 e. The first-order valence-corrected chi connectivity index (χ1v) is 16.9. The minimum absolute atomic E-state index is 0.0729. The monoisotopic (exact) mass is 622 g/mol. The van der Waals surface area contributed by atoms with Gasteiger partial charge in [-0.15, -0.1) is 0 Å². The van der Waals surface area contributed by atoms with Crippen LogP contribution in [-0.2, 0) is 35.0 Å². The maximum Gasteiger partial charge on any atom is 0.243 e. The third-order valence-corrected chi connectivity index (χ3v) is 11.2. The smallest absolute Gasteiger partial charge is 0.243 e. The van der Waals surface area contributed by atoms with Crippen LogP contribution in [0.4, 0.5) is 0 Å². The van der Waals surface area contributed by atoms with Gasteiger partial charge >= 0.3 is 0 Å². The Morgan fingerprint density at radius 3 is 2.23 bits per heavy atom. The molecule has 0 unspecified atom stereocenters. The first-order chi connectivity index (χ1) is 20.6. The molecule has 8 nitrogen and oxygen atoms in total. The van der Waals surface area contributed by atoms with Gasteiger partial charge in [-0.05, 0) is 86.3 Å². The Balaban J connectivity index is 1.21. The number of nitrogens with zero attached hydrogens (tertiary/aromatic N) is 2. The van der Waals surface area contributed by atoms with Crippen molar-refractivity contribution in [3.8, 4) is 11.5 Å². The zero-order chi connectivity index (χ0) is 32.0. The first-order valence-electron chi connectivity index (χ1n) is 15.4. The molecule has 9 heteroatoms. The van der Waals surface area contributed by atoms with Gasteiger partial charge in [-0.3, -0.25) is 9.69 Å². The van der Waals surface area contributed by atoms with E-state index in [0.29, 0.717) is 43.4 Å². The summed E-state index contributed by atoms with van der Waals surface area (Å²) in [7, 11) is -3.69. The van der Waals surface area contributed by atoms with E-state index in [0.717, 1.165) is 46.4 Å². The number of fused-ring (bicyclic) bond motifs is 1. The van der Waals surface area contributed by atoms with Crippen molar-refractivity contribution in [2.24, 2.45) is 0 Å². The fraction of sp³-hybridized carbons (Fsp3) is 0.514. The number of ether oxygens (including phenoxy) is 2. The molecule has 2 aliphatic heterocycles. The number of sulfonamides is 1. The molecule has 0 atom stereocenters. The molecule has 0 radical (unpaired) electrons. The molecular weight excluding hydrogens is 576 g/mol. The molecule has 1 aromatic heterocycles. The van der Waals surface area contributed by atoms with Crippen LogP contribution in [0.2, 0.25) is 0 Å². The Hall–Kier alpha value is -3.14. The van der Waals surface area contributed by atoms with Gasteiger partial charge in [-0.1, -0.05) is 45.0 Å². The fourth-order valence-electron chi connectivity index (χ4n) is 6.10. The topological polar surface area (TPSA) is 89.3 Å². The van der Waals surface area contributed by atoms with Crippen LogP contribution in [0.3, 0.4) is 0 Å². The summed E-state index contributed by atoms with van der Waals surface area (Å²) in [6.07, 6.45) is 3.01. The van der Waals surface area contributed by atoms with Gasteiger partial charge in [0.15, 0.2) is 0 Å². The molecule has 0 spiro atoms. The Bertz CT molecular complexity index is 1690. The highest BCUT2D eigenvalue weighted by Gasteiger charge is 2.36. The molecule has 3 heterocycles. The molecule has 238 valence electrons. The van der Waals surface area contributed by atoms with E-state index in [1.54, 1.807) is 4.31 Å². The SMILES string of the molecule is Cc1c(C)c(S(=O)(=O)N2CCN(Cc3cc(=O)c(OCc4ccc(C(C)(C)C)cc4)co3)CC2)c(C)c2c1OC(C)(C)CC2. The van der Waals surface area contributed by atoms with E-state index in [-0.39, 0.29) is 28.8 Å². The van der Waals surface area contributed by atoms with Crippen LogP contribution in [0.15, 0.2) is 50.7 Å². The summed E-state index contributed by atoms with van der Waals surface area (Å²) in [5.74, 6) is 1.53. The van der Waals surface area contributed by atoms with Gasteiger partial charge in [0.25, 0.3) is 0 Å². The summed E-state index contributed by atoms with van der Waals surface area (Å²) < 4.78 is 47.3. The molecule has 5 rings (SSSR count). The molecule has 2 aromatic carbocycles. The highest BCUT2D eigenvalue weighted by molar-refractivity contribution is 7.89. The second-order valence-corrected chi connectivity index (χ2v) is 15.7.